The number of rotatable bonds is 2. The quantitative estimate of drug-likeness (QED) is 0.780. The molecular weight excluding hydrogens is 302 g/mol. The number of hydrogen-bond acceptors (Lipinski definition) is 5. The number of nitrogens with zero attached hydrogens (tertiary/aromatic N) is 1. The third-order valence-corrected chi connectivity index (χ3v) is 4.53. The van der Waals surface area contributed by atoms with E-state index in [9.17, 15) is 9.59 Å². The first-order valence-corrected chi connectivity index (χ1v) is 8.31. The Morgan fingerprint density at radius 3 is 2.68 bits per heavy atom. The van der Waals surface area contributed by atoms with Gasteiger partial charge in [0.05, 0.1) is 13.2 Å². The van der Waals surface area contributed by atoms with E-state index in [1.807, 2.05) is 33.8 Å². The maximum Gasteiger partial charge on any atom is 0.410 e. The van der Waals surface area contributed by atoms with Crippen LogP contribution in [0.2, 0.25) is 0 Å². The zero-order valence-corrected chi connectivity index (χ0v) is 14.6. The van der Waals surface area contributed by atoms with Crippen molar-refractivity contribution in [1.29, 1.82) is 0 Å². The van der Waals surface area contributed by atoms with E-state index in [1.165, 1.54) is 11.3 Å². The fourth-order valence-electron chi connectivity index (χ4n) is 2.36. The van der Waals surface area contributed by atoms with Gasteiger partial charge in [0.15, 0.2) is 0 Å². The Hall–Kier alpha value is -1.56. The van der Waals surface area contributed by atoms with Crippen LogP contribution in [0.5, 0.6) is 0 Å². The van der Waals surface area contributed by atoms with E-state index < -0.39 is 5.60 Å². The summed E-state index contributed by atoms with van der Waals surface area (Å²) < 4.78 is 10.5. The lowest BCUT2D eigenvalue weighted by molar-refractivity contribution is 0.0140. The van der Waals surface area contributed by atoms with Gasteiger partial charge in [-0.05, 0) is 46.2 Å². The number of esters is 1. The average Bonchev–Trinajstić information content (AvgIpc) is 2.78. The van der Waals surface area contributed by atoms with Crippen molar-refractivity contribution in [2.45, 2.75) is 59.2 Å². The Labute approximate surface area is 135 Å². The summed E-state index contributed by atoms with van der Waals surface area (Å²) in [5, 5.41) is 0. The molecule has 0 fully saturated rings. The second-order valence-corrected chi connectivity index (χ2v) is 7.58. The number of ether oxygens (including phenoxy) is 2. The fraction of sp³-hybridized carbons (Fsp3) is 0.625. The lowest BCUT2D eigenvalue weighted by atomic mass is 10.0. The van der Waals surface area contributed by atoms with Gasteiger partial charge in [0, 0.05) is 17.3 Å². The minimum atomic E-state index is -0.512. The molecule has 1 aliphatic heterocycles. The van der Waals surface area contributed by atoms with Gasteiger partial charge in [0.25, 0.3) is 0 Å². The Morgan fingerprint density at radius 1 is 1.41 bits per heavy atom. The van der Waals surface area contributed by atoms with Crippen molar-refractivity contribution in [2.24, 2.45) is 0 Å². The molecule has 0 radical (unpaired) electrons. The maximum absolute atomic E-state index is 12.3. The van der Waals surface area contributed by atoms with Crippen molar-refractivity contribution in [3.63, 3.8) is 0 Å². The lowest BCUT2D eigenvalue weighted by Crippen LogP contribution is -2.44. The lowest BCUT2D eigenvalue weighted by Gasteiger charge is -2.34. The van der Waals surface area contributed by atoms with Crippen LogP contribution >= 0.6 is 11.3 Å². The molecule has 22 heavy (non-hydrogen) atoms. The maximum atomic E-state index is 12.3. The summed E-state index contributed by atoms with van der Waals surface area (Å²) in [7, 11) is 0. The molecule has 1 aromatic heterocycles. The molecule has 0 N–H and O–H groups in total. The Kier molecular flexibility index (Phi) is 4.80. The van der Waals surface area contributed by atoms with Crippen LogP contribution in [0.4, 0.5) is 4.79 Å². The van der Waals surface area contributed by atoms with Crippen molar-refractivity contribution in [1.82, 2.24) is 4.90 Å². The topological polar surface area (TPSA) is 55.8 Å². The van der Waals surface area contributed by atoms with Crippen molar-refractivity contribution in [3.8, 4) is 0 Å². The van der Waals surface area contributed by atoms with Crippen LogP contribution in [0, 0.1) is 0 Å². The van der Waals surface area contributed by atoms with Gasteiger partial charge in [-0.3, -0.25) is 0 Å². The summed E-state index contributed by atoms with van der Waals surface area (Å²) in [4.78, 5) is 27.6. The SMILES string of the molecule is CCOC(=O)c1cc2c(s1)CC(C)N(C(=O)OC(C)(C)C)C2. The zero-order valence-electron chi connectivity index (χ0n) is 13.8. The van der Waals surface area contributed by atoms with Crippen LogP contribution in [-0.2, 0) is 22.4 Å². The Bertz CT molecular complexity index is 573. The molecule has 2 heterocycles. The van der Waals surface area contributed by atoms with Gasteiger partial charge in [-0.15, -0.1) is 11.3 Å². The van der Waals surface area contributed by atoms with Crippen LogP contribution in [0.25, 0.3) is 0 Å². The predicted molar refractivity (Wildman–Crippen MR) is 85.2 cm³/mol. The van der Waals surface area contributed by atoms with Crippen molar-refractivity contribution in [3.05, 3.63) is 21.4 Å². The molecule has 0 aromatic carbocycles. The van der Waals surface area contributed by atoms with E-state index in [0.29, 0.717) is 18.0 Å². The van der Waals surface area contributed by atoms with E-state index in [-0.39, 0.29) is 18.1 Å². The molecule has 1 amide bonds. The van der Waals surface area contributed by atoms with Crippen molar-refractivity contribution in [2.75, 3.05) is 6.61 Å². The van der Waals surface area contributed by atoms with Crippen molar-refractivity contribution >= 4 is 23.4 Å². The number of carbonyl (C=O) groups excluding carboxylic acids is 2. The molecule has 1 aliphatic rings. The van der Waals surface area contributed by atoms with E-state index in [2.05, 4.69) is 0 Å². The number of carbonyl (C=O) groups is 2. The molecule has 1 atom stereocenters. The molecule has 5 nitrogen and oxygen atoms in total. The highest BCUT2D eigenvalue weighted by Gasteiger charge is 2.32. The van der Waals surface area contributed by atoms with E-state index in [0.717, 1.165) is 16.9 Å². The molecule has 0 bridgehead atoms. The molecule has 0 spiro atoms. The molecule has 1 unspecified atom stereocenters. The fourth-order valence-corrected chi connectivity index (χ4v) is 3.55. The van der Waals surface area contributed by atoms with Gasteiger partial charge in [-0.2, -0.15) is 0 Å². The third-order valence-electron chi connectivity index (χ3n) is 3.35. The molecule has 122 valence electrons. The summed E-state index contributed by atoms with van der Waals surface area (Å²) in [6.45, 7) is 10.2. The molecular formula is C16H23NO4S. The predicted octanol–water partition coefficient (Wildman–Crippen LogP) is 3.61. The number of hydrogen-bond donors (Lipinski definition) is 0. The molecule has 0 saturated heterocycles. The van der Waals surface area contributed by atoms with Gasteiger partial charge in [0.1, 0.15) is 10.5 Å². The molecule has 0 aliphatic carbocycles. The Morgan fingerprint density at radius 2 is 2.09 bits per heavy atom. The number of thiophene rings is 1. The van der Waals surface area contributed by atoms with E-state index in [1.54, 1.807) is 11.8 Å². The molecule has 2 rings (SSSR count). The highest BCUT2D eigenvalue weighted by Crippen LogP contribution is 2.32. The Balaban J connectivity index is 2.15. The highest BCUT2D eigenvalue weighted by molar-refractivity contribution is 7.14. The van der Waals surface area contributed by atoms with E-state index >= 15 is 0 Å². The molecule has 1 aromatic rings. The second kappa shape index (κ2) is 6.28. The first kappa shape index (κ1) is 16.8. The van der Waals surface area contributed by atoms with Gasteiger partial charge < -0.3 is 14.4 Å². The largest absolute Gasteiger partial charge is 0.462 e. The second-order valence-electron chi connectivity index (χ2n) is 6.44. The summed E-state index contributed by atoms with van der Waals surface area (Å²) in [5.74, 6) is -0.293. The number of amides is 1. The summed E-state index contributed by atoms with van der Waals surface area (Å²) in [6, 6.07) is 1.89. The summed E-state index contributed by atoms with van der Waals surface area (Å²) in [6.07, 6.45) is 0.424. The monoisotopic (exact) mass is 325 g/mol. The van der Waals surface area contributed by atoms with Gasteiger partial charge in [-0.1, -0.05) is 0 Å². The molecule has 0 saturated carbocycles. The normalized spacial score (nSPS) is 17.9. The van der Waals surface area contributed by atoms with Crippen LogP contribution in [0.1, 0.15) is 54.7 Å². The van der Waals surface area contributed by atoms with Crippen LogP contribution in [0.15, 0.2) is 6.07 Å². The smallest absolute Gasteiger partial charge is 0.410 e. The van der Waals surface area contributed by atoms with Crippen LogP contribution in [0.3, 0.4) is 0 Å². The van der Waals surface area contributed by atoms with Crippen LogP contribution in [-0.4, -0.2) is 35.2 Å². The first-order chi connectivity index (χ1) is 10.2. The van der Waals surface area contributed by atoms with Gasteiger partial charge >= 0.3 is 12.1 Å². The average molecular weight is 325 g/mol. The highest BCUT2D eigenvalue weighted by atomic mass is 32.1. The standard InChI is InChI=1S/C16H23NO4S/c1-6-20-14(18)13-8-11-9-17(10(2)7-12(11)22-13)15(19)21-16(3,4)5/h8,10H,6-7,9H2,1-5H3. The third kappa shape index (κ3) is 3.80. The summed E-state index contributed by atoms with van der Waals surface area (Å²) >= 11 is 1.46. The zero-order chi connectivity index (χ0) is 16.5. The summed E-state index contributed by atoms with van der Waals surface area (Å²) in [5.41, 5.74) is 0.499. The molecule has 6 heteroatoms. The van der Waals surface area contributed by atoms with Gasteiger partial charge in [0.2, 0.25) is 0 Å². The van der Waals surface area contributed by atoms with Crippen molar-refractivity contribution < 1.29 is 19.1 Å². The minimum absolute atomic E-state index is 0.0519. The number of fused-ring (bicyclic) bond motifs is 1. The minimum Gasteiger partial charge on any atom is -0.462 e. The van der Waals surface area contributed by atoms with E-state index in [4.69, 9.17) is 9.47 Å². The van der Waals surface area contributed by atoms with Crippen LogP contribution < -0.4 is 0 Å². The van der Waals surface area contributed by atoms with Gasteiger partial charge in [-0.25, -0.2) is 9.59 Å². The first-order valence-electron chi connectivity index (χ1n) is 7.49.